The number of benzene rings is 1. The van der Waals surface area contributed by atoms with E-state index in [1.54, 1.807) is 6.07 Å². The van der Waals surface area contributed by atoms with Crippen LogP contribution >= 0.6 is 0 Å². The Labute approximate surface area is 130 Å². The summed E-state index contributed by atoms with van der Waals surface area (Å²) >= 11 is 0. The van der Waals surface area contributed by atoms with Crippen LogP contribution in [-0.2, 0) is 17.6 Å². The van der Waals surface area contributed by atoms with Crippen LogP contribution < -0.4 is 10.6 Å². The van der Waals surface area contributed by atoms with E-state index in [0.29, 0.717) is 12.0 Å². The minimum Gasteiger partial charge on any atom is -0.372 e. The maximum atomic E-state index is 12.1. The van der Waals surface area contributed by atoms with Crippen molar-refractivity contribution < 1.29 is 14.7 Å². The number of aryl methyl sites for hydroxylation is 1. The molecule has 1 aliphatic heterocycles. The van der Waals surface area contributed by atoms with Gasteiger partial charge >= 0.3 is 0 Å². The fourth-order valence-corrected chi connectivity index (χ4v) is 3.47. The van der Waals surface area contributed by atoms with Crippen LogP contribution in [0.15, 0.2) is 18.2 Å². The molecule has 1 heterocycles. The minimum absolute atomic E-state index is 0.0565. The van der Waals surface area contributed by atoms with Gasteiger partial charge in [-0.25, -0.2) is 0 Å². The fraction of sp³-hybridized carbons (Fsp3) is 0.529. The van der Waals surface area contributed by atoms with E-state index in [2.05, 4.69) is 10.6 Å². The smallest absolute Gasteiger partial charge is 0.253 e. The molecule has 1 spiro atoms. The second-order valence-corrected chi connectivity index (χ2v) is 7.13. The SMILES string of the molecule is CC(C)(O)NC(=O)c1ccc2c(c1)CC[C@@]1(CNC(=O)C1)C2. The summed E-state index contributed by atoms with van der Waals surface area (Å²) in [4.78, 5) is 23.6. The largest absolute Gasteiger partial charge is 0.372 e. The Morgan fingerprint density at radius 2 is 2.09 bits per heavy atom. The molecule has 1 aromatic rings. The van der Waals surface area contributed by atoms with E-state index >= 15 is 0 Å². The van der Waals surface area contributed by atoms with Gasteiger partial charge in [0.1, 0.15) is 5.72 Å². The Balaban J connectivity index is 1.79. The van der Waals surface area contributed by atoms with Crippen LogP contribution in [0.1, 0.15) is 48.2 Å². The van der Waals surface area contributed by atoms with Crippen molar-refractivity contribution in [1.82, 2.24) is 10.6 Å². The van der Waals surface area contributed by atoms with Crippen LogP contribution in [0, 0.1) is 5.41 Å². The Bertz CT molecular complexity index is 633. The lowest BCUT2D eigenvalue weighted by atomic mass is 9.71. The van der Waals surface area contributed by atoms with Crippen molar-refractivity contribution in [2.75, 3.05) is 6.54 Å². The second kappa shape index (κ2) is 5.09. The van der Waals surface area contributed by atoms with Crippen molar-refractivity contribution in [3.8, 4) is 0 Å². The summed E-state index contributed by atoms with van der Waals surface area (Å²) in [5.41, 5.74) is 1.79. The molecule has 1 aliphatic carbocycles. The van der Waals surface area contributed by atoms with Gasteiger partial charge in [0.2, 0.25) is 5.91 Å². The molecular weight excluding hydrogens is 280 g/mol. The monoisotopic (exact) mass is 302 g/mol. The molecule has 1 fully saturated rings. The highest BCUT2D eigenvalue weighted by atomic mass is 16.3. The molecule has 2 amide bonds. The summed E-state index contributed by atoms with van der Waals surface area (Å²) in [5.74, 6) is -0.127. The highest BCUT2D eigenvalue weighted by molar-refractivity contribution is 5.94. The maximum Gasteiger partial charge on any atom is 0.253 e. The fourth-order valence-electron chi connectivity index (χ4n) is 3.47. The molecule has 3 N–H and O–H groups in total. The normalized spacial score (nSPS) is 24.0. The Morgan fingerprint density at radius 3 is 2.73 bits per heavy atom. The lowest BCUT2D eigenvalue weighted by Crippen LogP contribution is -2.43. The molecule has 1 aromatic carbocycles. The summed E-state index contributed by atoms with van der Waals surface area (Å²) in [6, 6.07) is 5.69. The predicted molar refractivity (Wildman–Crippen MR) is 82.3 cm³/mol. The first-order chi connectivity index (χ1) is 10.3. The average molecular weight is 302 g/mol. The van der Waals surface area contributed by atoms with Crippen LogP contribution in [0.5, 0.6) is 0 Å². The van der Waals surface area contributed by atoms with Crippen molar-refractivity contribution in [3.05, 3.63) is 34.9 Å². The second-order valence-electron chi connectivity index (χ2n) is 7.13. The number of amides is 2. The van der Waals surface area contributed by atoms with Crippen molar-refractivity contribution in [1.29, 1.82) is 0 Å². The van der Waals surface area contributed by atoms with Gasteiger partial charge in [-0.2, -0.15) is 0 Å². The zero-order valence-corrected chi connectivity index (χ0v) is 13.0. The standard InChI is InChI=1S/C17H22N2O3/c1-16(2,22)19-15(21)12-3-4-13-8-17(6-5-11(13)7-12)9-14(20)18-10-17/h3-4,7,22H,5-6,8-10H2,1-2H3,(H,18,20)(H,19,21)/t17-/m1/s1. The van der Waals surface area contributed by atoms with Gasteiger partial charge in [0.15, 0.2) is 0 Å². The topological polar surface area (TPSA) is 78.4 Å². The van der Waals surface area contributed by atoms with Gasteiger partial charge in [0.05, 0.1) is 0 Å². The van der Waals surface area contributed by atoms with Crippen molar-refractivity contribution in [2.24, 2.45) is 5.41 Å². The van der Waals surface area contributed by atoms with Crippen LogP contribution in [0.4, 0.5) is 0 Å². The first kappa shape index (κ1) is 15.0. The molecule has 0 saturated carbocycles. The lowest BCUT2D eigenvalue weighted by Gasteiger charge is -2.33. The molecule has 1 atom stereocenters. The van der Waals surface area contributed by atoms with Gasteiger partial charge in [-0.1, -0.05) is 6.07 Å². The summed E-state index contributed by atoms with van der Waals surface area (Å²) in [6.07, 6.45) is 3.34. The first-order valence-corrected chi connectivity index (χ1v) is 7.70. The quantitative estimate of drug-likeness (QED) is 0.717. The molecule has 0 aromatic heterocycles. The number of rotatable bonds is 2. The van der Waals surface area contributed by atoms with E-state index < -0.39 is 5.72 Å². The van der Waals surface area contributed by atoms with E-state index in [1.165, 1.54) is 25.0 Å². The zero-order chi connectivity index (χ0) is 16.0. The summed E-state index contributed by atoms with van der Waals surface area (Å²) in [7, 11) is 0. The molecule has 3 rings (SSSR count). The molecule has 2 aliphatic rings. The Hall–Kier alpha value is -1.88. The molecule has 5 nitrogen and oxygen atoms in total. The number of carbonyl (C=O) groups excluding carboxylic acids is 2. The lowest BCUT2D eigenvalue weighted by molar-refractivity contribution is -0.119. The number of nitrogens with one attached hydrogen (secondary N) is 2. The predicted octanol–water partition coefficient (Wildman–Crippen LogP) is 1.14. The van der Waals surface area contributed by atoms with E-state index in [-0.39, 0.29) is 17.2 Å². The van der Waals surface area contributed by atoms with Crippen LogP contribution in [0.25, 0.3) is 0 Å². The number of hydrogen-bond donors (Lipinski definition) is 3. The van der Waals surface area contributed by atoms with E-state index in [0.717, 1.165) is 25.8 Å². The highest BCUT2D eigenvalue weighted by Gasteiger charge is 2.40. The number of fused-ring (bicyclic) bond motifs is 1. The molecule has 0 unspecified atom stereocenters. The van der Waals surface area contributed by atoms with E-state index in [4.69, 9.17) is 0 Å². The van der Waals surface area contributed by atoms with E-state index in [9.17, 15) is 14.7 Å². The number of carbonyl (C=O) groups is 2. The third kappa shape index (κ3) is 2.99. The minimum atomic E-state index is -1.23. The van der Waals surface area contributed by atoms with Gasteiger partial charge in [0, 0.05) is 23.9 Å². The van der Waals surface area contributed by atoms with Gasteiger partial charge in [-0.05, 0) is 56.4 Å². The zero-order valence-electron chi connectivity index (χ0n) is 13.0. The van der Waals surface area contributed by atoms with Crippen LogP contribution in [-0.4, -0.2) is 29.2 Å². The summed E-state index contributed by atoms with van der Waals surface area (Å²) < 4.78 is 0. The van der Waals surface area contributed by atoms with Crippen LogP contribution in [0.3, 0.4) is 0 Å². The molecule has 0 radical (unpaired) electrons. The Kier molecular flexibility index (Phi) is 3.48. The van der Waals surface area contributed by atoms with Gasteiger partial charge in [-0.15, -0.1) is 0 Å². The van der Waals surface area contributed by atoms with E-state index in [1.807, 2.05) is 12.1 Å². The molecule has 22 heavy (non-hydrogen) atoms. The number of hydrogen-bond acceptors (Lipinski definition) is 3. The third-order valence-electron chi connectivity index (χ3n) is 4.57. The summed E-state index contributed by atoms with van der Waals surface area (Å²) in [6.45, 7) is 3.83. The summed E-state index contributed by atoms with van der Waals surface area (Å²) in [5, 5.41) is 15.2. The number of aliphatic hydroxyl groups is 1. The van der Waals surface area contributed by atoms with Gasteiger partial charge in [0.25, 0.3) is 5.91 Å². The average Bonchev–Trinajstić information content (AvgIpc) is 2.77. The van der Waals surface area contributed by atoms with Crippen molar-refractivity contribution in [2.45, 2.75) is 45.3 Å². The van der Waals surface area contributed by atoms with Crippen molar-refractivity contribution >= 4 is 11.8 Å². The van der Waals surface area contributed by atoms with Crippen LogP contribution in [0.2, 0.25) is 0 Å². The van der Waals surface area contributed by atoms with Gasteiger partial charge in [-0.3, -0.25) is 9.59 Å². The van der Waals surface area contributed by atoms with Crippen molar-refractivity contribution in [3.63, 3.8) is 0 Å². The molecule has 5 heteroatoms. The molecule has 1 saturated heterocycles. The molecular formula is C17H22N2O3. The maximum absolute atomic E-state index is 12.1. The molecule has 0 bridgehead atoms. The van der Waals surface area contributed by atoms with Gasteiger partial charge < -0.3 is 15.7 Å². The third-order valence-corrected chi connectivity index (χ3v) is 4.57. The molecule has 118 valence electrons. The Morgan fingerprint density at radius 1 is 1.32 bits per heavy atom. The first-order valence-electron chi connectivity index (χ1n) is 7.70. The highest BCUT2D eigenvalue weighted by Crippen LogP contribution is 2.40.